The predicted octanol–water partition coefficient (Wildman–Crippen LogP) is 3.31. The van der Waals surface area contributed by atoms with Crippen LogP contribution in [0.4, 0.5) is 20.2 Å². The van der Waals surface area contributed by atoms with Gasteiger partial charge in [-0.3, -0.25) is 4.72 Å². The van der Waals surface area contributed by atoms with Crippen molar-refractivity contribution in [3.8, 4) is 0 Å². The third kappa shape index (κ3) is 3.08. The highest BCUT2D eigenvalue weighted by atomic mass is 35.5. The van der Waals surface area contributed by atoms with Crippen molar-refractivity contribution in [3.05, 3.63) is 52.6 Å². The minimum absolute atomic E-state index is 0.0149. The molecule has 0 saturated heterocycles. The first-order chi connectivity index (χ1) is 9.72. The molecule has 0 unspecified atom stereocenters. The molecular weight excluding hydrogens is 322 g/mol. The number of sulfonamides is 1. The van der Waals surface area contributed by atoms with Crippen molar-refractivity contribution in [1.29, 1.82) is 0 Å². The maximum absolute atomic E-state index is 13.7. The molecular formula is C13H11ClF2N2O2S. The Bertz CT molecular complexity index is 767. The second-order valence-electron chi connectivity index (χ2n) is 4.34. The van der Waals surface area contributed by atoms with E-state index in [0.29, 0.717) is 11.6 Å². The van der Waals surface area contributed by atoms with Crippen molar-refractivity contribution in [2.45, 2.75) is 11.8 Å². The molecule has 3 N–H and O–H groups in total. The van der Waals surface area contributed by atoms with Crippen molar-refractivity contribution in [2.75, 3.05) is 10.5 Å². The van der Waals surface area contributed by atoms with E-state index in [-0.39, 0.29) is 15.6 Å². The van der Waals surface area contributed by atoms with E-state index in [4.69, 9.17) is 17.3 Å². The molecule has 0 fully saturated rings. The Hall–Kier alpha value is -1.86. The van der Waals surface area contributed by atoms with Gasteiger partial charge in [-0.05, 0) is 24.6 Å². The van der Waals surface area contributed by atoms with Gasteiger partial charge in [0.25, 0.3) is 10.0 Å². The summed E-state index contributed by atoms with van der Waals surface area (Å²) < 4.78 is 53.3. The zero-order valence-electron chi connectivity index (χ0n) is 10.8. The Morgan fingerprint density at radius 2 is 1.90 bits per heavy atom. The Morgan fingerprint density at radius 3 is 2.48 bits per heavy atom. The van der Waals surface area contributed by atoms with Crippen molar-refractivity contribution in [1.82, 2.24) is 0 Å². The molecule has 0 aliphatic rings. The molecule has 0 atom stereocenters. The van der Waals surface area contributed by atoms with Crippen LogP contribution in [0.15, 0.2) is 35.2 Å². The van der Waals surface area contributed by atoms with E-state index in [1.807, 2.05) is 4.72 Å². The Labute approximate surface area is 125 Å². The minimum atomic E-state index is -4.15. The van der Waals surface area contributed by atoms with Gasteiger partial charge < -0.3 is 5.73 Å². The fourth-order valence-electron chi connectivity index (χ4n) is 1.87. The SMILES string of the molecule is Cc1cccc(N)c1S(=O)(=O)Nc1c(F)cc(F)cc1Cl. The zero-order chi connectivity index (χ0) is 15.8. The second-order valence-corrected chi connectivity index (χ2v) is 6.37. The molecule has 4 nitrogen and oxygen atoms in total. The molecule has 0 bridgehead atoms. The third-order valence-corrected chi connectivity index (χ3v) is 4.62. The Balaban J connectivity index is 2.53. The van der Waals surface area contributed by atoms with Crippen LogP contribution >= 0.6 is 11.6 Å². The molecule has 0 aliphatic heterocycles. The summed E-state index contributed by atoms with van der Waals surface area (Å²) in [5.41, 5.74) is 5.53. The van der Waals surface area contributed by atoms with Gasteiger partial charge in [-0.1, -0.05) is 23.7 Å². The first-order valence-corrected chi connectivity index (χ1v) is 7.61. The van der Waals surface area contributed by atoms with Crippen LogP contribution in [0, 0.1) is 18.6 Å². The molecule has 0 amide bonds. The predicted molar refractivity (Wildman–Crippen MR) is 77.8 cm³/mol. The van der Waals surface area contributed by atoms with E-state index in [0.717, 1.165) is 6.07 Å². The highest BCUT2D eigenvalue weighted by Gasteiger charge is 2.23. The summed E-state index contributed by atoms with van der Waals surface area (Å²) >= 11 is 5.67. The summed E-state index contributed by atoms with van der Waals surface area (Å²) in [6.45, 7) is 1.55. The van der Waals surface area contributed by atoms with Gasteiger partial charge in [0.2, 0.25) is 0 Å². The third-order valence-electron chi connectivity index (χ3n) is 2.75. The molecule has 0 aromatic heterocycles. The molecule has 0 radical (unpaired) electrons. The lowest BCUT2D eigenvalue weighted by Gasteiger charge is -2.14. The number of hydrogen-bond donors (Lipinski definition) is 2. The van der Waals surface area contributed by atoms with Crippen LogP contribution in [0.3, 0.4) is 0 Å². The van der Waals surface area contributed by atoms with Gasteiger partial charge in [0.1, 0.15) is 16.4 Å². The molecule has 0 aliphatic carbocycles. The van der Waals surface area contributed by atoms with Crippen molar-refractivity contribution < 1.29 is 17.2 Å². The molecule has 21 heavy (non-hydrogen) atoms. The lowest BCUT2D eigenvalue weighted by atomic mass is 10.2. The molecule has 0 saturated carbocycles. The first-order valence-electron chi connectivity index (χ1n) is 5.75. The van der Waals surface area contributed by atoms with E-state index in [2.05, 4.69) is 0 Å². The van der Waals surface area contributed by atoms with Gasteiger partial charge in [0.15, 0.2) is 5.82 Å². The van der Waals surface area contributed by atoms with E-state index in [9.17, 15) is 17.2 Å². The van der Waals surface area contributed by atoms with Crippen LogP contribution in [0.2, 0.25) is 5.02 Å². The highest BCUT2D eigenvalue weighted by molar-refractivity contribution is 7.93. The average molecular weight is 333 g/mol. The largest absolute Gasteiger partial charge is 0.398 e. The molecule has 0 spiro atoms. The van der Waals surface area contributed by atoms with Crippen LogP contribution < -0.4 is 10.5 Å². The summed E-state index contributed by atoms with van der Waals surface area (Å²) in [6.07, 6.45) is 0. The zero-order valence-corrected chi connectivity index (χ0v) is 12.4. The van der Waals surface area contributed by atoms with E-state index >= 15 is 0 Å². The first kappa shape index (κ1) is 15.5. The lowest BCUT2D eigenvalue weighted by Crippen LogP contribution is -2.17. The number of rotatable bonds is 3. The fraction of sp³-hybridized carbons (Fsp3) is 0.0769. The molecule has 2 aromatic rings. The fourth-order valence-corrected chi connectivity index (χ4v) is 3.61. The van der Waals surface area contributed by atoms with Crippen LogP contribution in [0.1, 0.15) is 5.56 Å². The molecule has 8 heteroatoms. The number of nitrogen functional groups attached to an aromatic ring is 1. The quantitative estimate of drug-likeness (QED) is 0.847. The summed E-state index contributed by atoms with van der Waals surface area (Å²) in [5, 5.41) is -0.386. The number of aryl methyl sites for hydroxylation is 1. The second kappa shape index (κ2) is 5.50. The average Bonchev–Trinajstić information content (AvgIpc) is 2.33. The summed E-state index contributed by atoms with van der Waals surface area (Å²) in [4.78, 5) is -0.176. The van der Waals surface area contributed by atoms with Crippen molar-refractivity contribution in [2.24, 2.45) is 0 Å². The van der Waals surface area contributed by atoms with Gasteiger partial charge in [-0.25, -0.2) is 17.2 Å². The maximum atomic E-state index is 13.7. The topological polar surface area (TPSA) is 72.2 Å². The van der Waals surface area contributed by atoms with Gasteiger partial charge >= 0.3 is 0 Å². The van der Waals surface area contributed by atoms with Crippen LogP contribution in [0.25, 0.3) is 0 Å². The Kier molecular flexibility index (Phi) is 4.06. The smallest absolute Gasteiger partial charge is 0.264 e. The monoisotopic (exact) mass is 332 g/mol. The normalized spacial score (nSPS) is 11.4. The number of benzene rings is 2. The van der Waals surface area contributed by atoms with E-state index < -0.39 is 27.3 Å². The minimum Gasteiger partial charge on any atom is -0.398 e. The number of anilines is 2. The molecule has 2 rings (SSSR count). The number of nitrogens with two attached hydrogens (primary N) is 1. The van der Waals surface area contributed by atoms with E-state index in [1.165, 1.54) is 6.07 Å². The lowest BCUT2D eigenvalue weighted by molar-refractivity contribution is 0.583. The Morgan fingerprint density at radius 1 is 1.24 bits per heavy atom. The standard InChI is InChI=1S/C13H11ClF2N2O2S/c1-7-3-2-4-11(17)13(7)21(19,20)18-12-9(14)5-8(15)6-10(12)16/h2-6,18H,17H2,1H3. The van der Waals surface area contributed by atoms with Crippen LogP contribution in [-0.2, 0) is 10.0 Å². The highest BCUT2D eigenvalue weighted by Crippen LogP contribution is 2.31. The molecule has 2 aromatic carbocycles. The summed E-state index contributed by atoms with van der Waals surface area (Å²) in [6, 6.07) is 5.89. The maximum Gasteiger partial charge on any atom is 0.264 e. The van der Waals surface area contributed by atoms with E-state index in [1.54, 1.807) is 19.1 Å². The van der Waals surface area contributed by atoms with Crippen molar-refractivity contribution >= 4 is 33.0 Å². The van der Waals surface area contributed by atoms with Gasteiger partial charge in [0, 0.05) is 6.07 Å². The summed E-state index contributed by atoms with van der Waals surface area (Å²) in [5.74, 6) is -2.02. The van der Waals surface area contributed by atoms with Gasteiger partial charge in [0.05, 0.1) is 10.7 Å². The van der Waals surface area contributed by atoms with Crippen LogP contribution in [-0.4, -0.2) is 8.42 Å². The molecule has 0 heterocycles. The van der Waals surface area contributed by atoms with Gasteiger partial charge in [-0.15, -0.1) is 0 Å². The van der Waals surface area contributed by atoms with Crippen molar-refractivity contribution in [3.63, 3.8) is 0 Å². The number of halogens is 3. The summed E-state index contributed by atoms with van der Waals surface area (Å²) in [7, 11) is -4.15. The molecule has 112 valence electrons. The number of hydrogen-bond acceptors (Lipinski definition) is 3. The number of nitrogens with one attached hydrogen (secondary N) is 1. The van der Waals surface area contributed by atoms with Crippen LogP contribution in [0.5, 0.6) is 0 Å². The van der Waals surface area contributed by atoms with Gasteiger partial charge in [-0.2, -0.15) is 0 Å².